The van der Waals surface area contributed by atoms with Gasteiger partial charge in [0.2, 0.25) is 0 Å². The number of halogens is 1. The fourth-order valence-corrected chi connectivity index (χ4v) is 2.68. The molecule has 0 saturated heterocycles. The predicted octanol–water partition coefficient (Wildman–Crippen LogP) is 2.43. The average molecular weight is 301 g/mol. The van der Waals surface area contributed by atoms with Gasteiger partial charge in [0.25, 0.3) is 0 Å². The van der Waals surface area contributed by atoms with E-state index in [1.54, 1.807) is 24.3 Å². The third-order valence-electron chi connectivity index (χ3n) is 3.75. The number of anilines is 2. The molecule has 0 bridgehead atoms. The molecule has 6 heteroatoms. The summed E-state index contributed by atoms with van der Waals surface area (Å²) in [4.78, 5) is 12.9. The SMILES string of the molecule is NC(=O)Oc1ccc(N2CCc3ccc(F)cc3C2)cc1N. The van der Waals surface area contributed by atoms with E-state index in [0.29, 0.717) is 12.2 Å². The van der Waals surface area contributed by atoms with Crippen molar-refractivity contribution in [3.63, 3.8) is 0 Å². The number of nitrogens with two attached hydrogens (primary N) is 2. The van der Waals surface area contributed by atoms with Crippen molar-refractivity contribution in [2.24, 2.45) is 5.73 Å². The summed E-state index contributed by atoms with van der Waals surface area (Å²) in [5.74, 6) is 0.00465. The summed E-state index contributed by atoms with van der Waals surface area (Å²) < 4.78 is 18.2. The number of ether oxygens (including phenoxy) is 1. The summed E-state index contributed by atoms with van der Waals surface area (Å²) in [6.07, 6.45) is -0.0588. The minimum atomic E-state index is -0.901. The Bertz CT molecular complexity index is 733. The molecule has 22 heavy (non-hydrogen) atoms. The molecule has 0 radical (unpaired) electrons. The lowest BCUT2D eigenvalue weighted by Crippen LogP contribution is -2.30. The minimum absolute atomic E-state index is 0.231. The van der Waals surface area contributed by atoms with Crippen LogP contribution >= 0.6 is 0 Å². The highest BCUT2D eigenvalue weighted by Crippen LogP contribution is 2.30. The zero-order chi connectivity index (χ0) is 15.7. The van der Waals surface area contributed by atoms with E-state index in [2.05, 4.69) is 4.90 Å². The van der Waals surface area contributed by atoms with E-state index in [9.17, 15) is 9.18 Å². The first-order valence-electron chi connectivity index (χ1n) is 6.92. The molecule has 0 spiro atoms. The fourth-order valence-electron chi connectivity index (χ4n) is 2.68. The topological polar surface area (TPSA) is 81.6 Å². The number of rotatable bonds is 2. The van der Waals surface area contributed by atoms with E-state index in [-0.39, 0.29) is 11.6 Å². The molecule has 0 unspecified atom stereocenters. The van der Waals surface area contributed by atoms with Gasteiger partial charge in [-0.3, -0.25) is 0 Å². The number of hydrogen-bond acceptors (Lipinski definition) is 4. The highest BCUT2D eigenvalue weighted by atomic mass is 19.1. The summed E-state index contributed by atoms with van der Waals surface area (Å²) >= 11 is 0. The predicted molar refractivity (Wildman–Crippen MR) is 82.2 cm³/mol. The monoisotopic (exact) mass is 301 g/mol. The number of nitrogen functional groups attached to an aromatic ring is 1. The Kier molecular flexibility index (Phi) is 3.58. The van der Waals surface area contributed by atoms with Crippen molar-refractivity contribution in [3.05, 3.63) is 53.3 Å². The third kappa shape index (κ3) is 2.81. The van der Waals surface area contributed by atoms with Crippen LogP contribution in [-0.2, 0) is 13.0 Å². The number of hydrogen-bond donors (Lipinski definition) is 2. The van der Waals surface area contributed by atoms with Gasteiger partial charge in [0.15, 0.2) is 5.75 Å². The van der Waals surface area contributed by atoms with E-state index in [0.717, 1.165) is 24.2 Å². The summed E-state index contributed by atoms with van der Waals surface area (Å²) in [5, 5.41) is 0. The summed E-state index contributed by atoms with van der Waals surface area (Å²) in [6, 6.07) is 10.0. The maximum absolute atomic E-state index is 13.4. The van der Waals surface area contributed by atoms with Crippen LogP contribution in [-0.4, -0.2) is 12.6 Å². The maximum atomic E-state index is 13.4. The first kappa shape index (κ1) is 14.2. The molecule has 0 aromatic heterocycles. The van der Waals surface area contributed by atoms with Gasteiger partial charge in [-0.2, -0.15) is 0 Å². The molecule has 5 nitrogen and oxygen atoms in total. The lowest BCUT2D eigenvalue weighted by molar-refractivity contribution is 0.211. The van der Waals surface area contributed by atoms with Crippen LogP contribution in [0.3, 0.4) is 0 Å². The standard InChI is InChI=1S/C16H16FN3O2/c17-12-2-1-10-5-6-20(9-11(10)7-12)13-3-4-15(14(18)8-13)22-16(19)21/h1-4,7-8H,5-6,9,18H2,(H2,19,21). The van der Waals surface area contributed by atoms with Gasteiger partial charge in [0.1, 0.15) is 5.82 Å². The van der Waals surface area contributed by atoms with Crippen LogP contribution in [0.15, 0.2) is 36.4 Å². The Balaban J connectivity index is 1.83. The van der Waals surface area contributed by atoms with E-state index in [1.807, 2.05) is 6.07 Å². The first-order valence-corrected chi connectivity index (χ1v) is 6.92. The van der Waals surface area contributed by atoms with E-state index >= 15 is 0 Å². The summed E-state index contributed by atoms with van der Waals surface area (Å²) in [7, 11) is 0. The van der Waals surface area contributed by atoms with Gasteiger partial charge in [-0.1, -0.05) is 6.07 Å². The fraction of sp³-hybridized carbons (Fsp3) is 0.188. The van der Waals surface area contributed by atoms with Crippen LogP contribution in [0.5, 0.6) is 5.75 Å². The van der Waals surface area contributed by atoms with Crippen molar-refractivity contribution < 1.29 is 13.9 Å². The molecule has 3 rings (SSSR count). The van der Waals surface area contributed by atoms with Gasteiger partial charge in [-0.15, -0.1) is 0 Å². The number of carbonyl (C=O) groups is 1. The molecule has 1 heterocycles. The quantitative estimate of drug-likeness (QED) is 0.835. The third-order valence-corrected chi connectivity index (χ3v) is 3.75. The normalized spacial score (nSPS) is 13.6. The molecule has 0 atom stereocenters. The summed E-state index contributed by atoms with van der Waals surface area (Å²) in [5.41, 5.74) is 14.2. The minimum Gasteiger partial charge on any atom is -0.408 e. The largest absolute Gasteiger partial charge is 0.410 e. The van der Waals surface area contributed by atoms with Crippen LogP contribution in [0, 0.1) is 5.82 Å². The van der Waals surface area contributed by atoms with Gasteiger partial charge >= 0.3 is 6.09 Å². The van der Waals surface area contributed by atoms with Crippen molar-refractivity contribution in [1.29, 1.82) is 0 Å². The Hall–Kier alpha value is -2.76. The lowest BCUT2D eigenvalue weighted by atomic mass is 9.99. The van der Waals surface area contributed by atoms with Crippen molar-refractivity contribution in [1.82, 2.24) is 0 Å². The van der Waals surface area contributed by atoms with Gasteiger partial charge in [0.05, 0.1) is 5.69 Å². The molecule has 0 fully saturated rings. The van der Waals surface area contributed by atoms with Crippen molar-refractivity contribution in [2.75, 3.05) is 17.2 Å². The molecule has 1 amide bonds. The summed E-state index contributed by atoms with van der Waals surface area (Å²) in [6.45, 7) is 1.43. The smallest absolute Gasteiger partial charge is 0.408 e. The van der Waals surface area contributed by atoms with E-state index in [1.165, 1.54) is 11.6 Å². The van der Waals surface area contributed by atoms with Crippen LogP contribution in [0.2, 0.25) is 0 Å². The van der Waals surface area contributed by atoms with Gasteiger partial charge < -0.3 is 21.1 Å². The molecule has 2 aromatic carbocycles. The Morgan fingerprint density at radius 2 is 2.00 bits per heavy atom. The number of fused-ring (bicyclic) bond motifs is 1. The molecule has 0 saturated carbocycles. The Labute approximate surface area is 127 Å². The molecule has 1 aliphatic heterocycles. The lowest BCUT2D eigenvalue weighted by Gasteiger charge is -2.31. The Morgan fingerprint density at radius 3 is 2.73 bits per heavy atom. The molecular formula is C16H16FN3O2. The van der Waals surface area contributed by atoms with Crippen molar-refractivity contribution in [3.8, 4) is 5.75 Å². The molecule has 4 N–H and O–H groups in total. The van der Waals surface area contributed by atoms with Gasteiger partial charge in [0, 0.05) is 18.8 Å². The van der Waals surface area contributed by atoms with E-state index in [4.69, 9.17) is 16.2 Å². The Morgan fingerprint density at radius 1 is 1.18 bits per heavy atom. The molecule has 1 aliphatic rings. The molecule has 0 aliphatic carbocycles. The first-order chi connectivity index (χ1) is 10.5. The van der Waals surface area contributed by atoms with Crippen LogP contribution in [0.4, 0.5) is 20.6 Å². The number of primary amides is 1. The number of carbonyl (C=O) groups excluding carboxylic acids is 1. The number of nitrogens with zero attached hydrogens (tertiary/aromatic N) is 1. The molecular weight excluding hydrogens is 285 g/mol. The van der Waals surface area contributed by atoms with Crippen LogP contribution in [0.25, 0.3) is 0 Å². The number of benzene rings is 2. The molecule has 114 valence electrons. The van der Waals surface area contributed by atoms with Crippen LogP contribution in [0.1, 0.15) is 11.1 Å². The average Bonchev–Trinajstić information content (AvgIpc) is 2.48. The van der Waals surface area contributed by atoms with Gasteiger partial charge in [-0.05, 0) is 47.9 Å². The van der Waals surface area contributed by atoms with Crippen molar-refractivity contribution >= 4 is 17.5 Å². The van der Waals surface area contributed by atoms with Gasteiger partial charge in [-0.25, -0.2) is 9.18 Å². The van der Waals surface area contributed by atoms with Crippen LogP contribution < -0.4 is 21.1 Å². The highest BCUT2D eigenvalue weighted by Gasteiger charge is 2.18. The van der Waals surface area contributed by atoms with Crippen molar-refractivity contribution in [2.45, 2.75) is 13.0 Å². The highest BCUT2D eigenvalue weighted by molar-refractivity contribution is 5.73. The number of amides is 1. The second-order valence-corrected chi connectivity index (χ2v) is 5.23. The second kappa shape index (κ2) is 5.55. The maximum Gasteiger partial charge on any atom is 0.410 e. The zero-order valence-electron chi connectivity index (χ0n) is 11.9. The molecule has 2 aromatic rings. The second-order valence-electron chi connectivity index (χ2n) is 5.23. The van der Waals surface area contributed by atoms with E-state index < -0.39 is 6.09 Å². The zero-order valence-corrected chi connectivity index (χ0v) is 11.9.